The van der Waals surface area contributed by atoms with Crippen molar-refractivity contribution in [3.8, 4) is 0 Å². The van der Waals surface area contributed by atoms with Gasteiger partial charge in [-0.25, -0.2) is 9.97 Å². The maximum atomic E-state index is 12.5. The van der Waals surface area contributed by atoms with Crippen LogP contribution in [0.15, 0.2) is 30.5 Å². The number of rotatable bonds is 6. The van der Waals surface area contributed by atoms with Gasteiger partial charge >= 0.3 is 0 Å². The number of aryl methyl sites for hydroxylation is 2. The van der Waals surface area contributed by atoms with E-state index in [1.54, 1.807) is 4.40 Å². The molecule has 1 amide bonds. The number of nitrogens with zero attached hydrogens (tertiary/aromatic N) is 5. The fourth-order valence-corrected chi connectivity index (χ4v) is 2.68. The molecule has 0 spiro atoms. The van der Waals surface area contributed by atoms with Gasteiger partial charge in [0.1, 0.15) is 17.2 Å². The van der Waals surface area contributed by atoms with Gasteiger partial charge in [-0.1, -0.05) is 6.07 Å². The van der Waals surface area contributed by atoms with Crippen LogP contribution in [0.1, 0.15) is 21.9 Å². The summed E-state index contributed by atoms with van der Waals surface area (Å²) in [5.41, 5.74) is 2.91. The zero-order chi connectivity index (χ0) is 18.7. The van der Waals surface area contributed by atoms with Crippen molar-refractivity contribution in [2.24, 2.45) is 0 Å². The van der Waals surface area contributed by atoms with Crippen molar-refractivity contribution in [3.63, 3.8) is 0 Å². The van der Waals surface area contributed by atoms with Crippen LogP contribution in [0.2, 0.25) is 0 Å². The number of aromatic nitrogens is 4. The molecule has 3 rings (SSSR count). The Morgan fingerprint density at radius 1 is 1.15 bits per heavy atom. The molecule has 0 aliphatic rings. The Morgan fingerprint density at radius 2 is 1.96 bits per heavy atom. The Bertz CT molecular complexity index is 932. The van der Waals surface area contributed by atoms with Crippen molar-refractivity contribution in [1.82, 2.24) is 24.7 Å². The van der Waals surface area contributed by atoms with Crippen molar-refractivity contribution >= 4 is 23.3 Å². The van der Waals surface area contributed by atoms with Crippen LogP contribution in [0.3, 0.4) is 0 Å². The van der Waals surface area contributed by atoms with Gasteiger partial charge in [-0.15, -0.1) is 0 Å². The Balaban J connectivity index is 1.60. The maximum Gasteiger partial charge on any atom is 0.270 e. The summed E-state index contributed by atoms with van der Waals surface area (Å²) in [7, 11) is 3.87. The van der Waals surface area contributed by atoms with Crippen LogP contribution in [-0.2, 0) is 0 Å². The van der Waals surface area contributed by atoms with E-state index in [0.717, 1.165) is 17.2 Å². The second-order valence-electron chi connectivity index (χ2n) is 6.24. The van der Waals surface area contributed by atoms with Crippen LogP contribution in [0.5, 0.6) is 0 Å². The third-order valence-electron chi connectivity index (χ3n) is 3.91. The van der Waals surface area contributed by atoms with Gasteiger partial charge in [0.05, 0.1) is 5.69 Å². The number of anilines is 2. The molecule has 0 aliphatic heterocycles. The first kappa shape index (κ1) is 17.7. The molecule has 3 heterocycles. The molecule has 8 heteroatoms. The number of hydrogen-bond donors (Lipinski definition) is 2. The molecule has 0 aliphatic carbocycles. The highest BCUT2D eigenvalue weighted by atomic mass is 16.1. The van der Waals surface area contributed by atoms with E-state index in [4.69, 9.17) is 0 Å². The summed E-state index contributed by atoms with van der Waals surface area (Å²) in [6.45, 7) is 4.74. The Hall–Kier alpha value is -3.16. The van der Waals surface area contributed by atoms with Gasteiger partial charge in [-0.05, 0) is 26.0 Å². The average molecular weight is 353 g/mol. The van der Waals surface area contributed by atoms with Crippen LogP contribution in [-0.4, -0.2) is 52.4 Å². The number of carbonyl (C=O) groups excluding carboxylic acids is 1. The number of hydrogen-bond acceptors (Lipinski definition) is 6. The largest absolute Gasteiger partial charge is 0.363 e. The summed E-state index contributed by atoms with van der Waals surface area (Å²) in [5.74, 6) is 1.24. The van der Waals surface area contributed by atoms with Crippen molar-refractivity contribution in [2.75, 3.05) is 37.4 Å². The molecule has 0 saturated heterocycles. The highest BCUT2D eigenvalue weighted by molar-refractivity contribution is 5.94. The molecule has 0 saturated carbocycles. The molecule has 3 aromatic rings. The molecular formula is C18H23N7O. The fraction of sp³-hybridized carbons (Fsp3) is 0.333. The third kappa shape index (κ3) is 3.74. The van der Waals surface area contributed by atoms with Crippen LogP contribution in [0.25, 0.3) is 5.65 Å². The van der Waals surface area contributed by atoms with Crippen molar-refractivity contribution in [1.29, 1.82) is 0 Å². The van der Waals surface area contributed by atoms with E-state index in [0.29, 0.717) is 30.4 Å². The Labute approximate surface area is 152 Å². The zero-order valence-corrected chi connectivity index (χ0v) is 15.4. The highest BCUT2D eigenvalue weighted by Crippen LogP contribution is 2.12. The number of pyridine rings is 1. The molecule has 0 fully saturated rings. The van der Waals surface area contributed by atoms with Crippen molar-refractivity contribution in [2.45, 2.75) is 13.8 Å². The smallest absolute Gasteiger partial charge is 0.270 e. The molecule has 0 bridgehead atoms. The van der Waals surface area contributed by atoms with Gasteiger partial charge in [0.2, 0.25) is 5.95 Å². The molecule has 2 N–H and O–H groups in total. The first-order chi connectivity index (χ1) is 12.5. The van der Waals surface area contributed by atoms with Gasteiger partial charge in [-0.3, -0.25) is 9.20 Å². The summed E-state index contributed by atoms with van der Waals surface area (Å²) >= 11 is 0. The molecule has 8 nitrogen and oxygen atoms in total. The molecular weight excluding hydrogens is 330 g/mol. The monoisotopic (exact) mass is 353 g/mol. The minimum Gasteiger partial charge on any atom is -0.363 e. The lowest BCUT2D eigenvalue weighted by Gasteiger charge is -2.14. The quantitative estimate of drug-likeness (QED) is 0.655. The van der Waals surface area contributed by atoms with Gasteiger partial charge in [0, 0.05) is 45.1 Å². The SMILES string of the molecule is Cc1cc(N(C)C)nc(NCCNC(=O)c2c(C)nc3ccccn23)n1. The van der Waals surface area contributed by atoms with E-state index < -0.39 is 0 Å². The summed E-state index contributed by atoms with van der Waals surface area (Å²) in [4.78, 5) is 27.6. The first-order valence-corrected chi connectivity index (χ1v) is 8.44. The summed E-state index contributed by atoms with van der Waals surface area (Å²) in [6, 6.07) is 7.57. The van der Waals surface area contributed by atoms with E-state index in [2.05, 4.69) is 25.6 Å². The number of carbonyl (C=O) groups is 1. The van der Waals surface area contributed by atoms with E-state index in [1.165, 1.54) is 0 Å². The minimum absolute atomic E-state index is 0.151. The maximum absolute atomic E-state index is 12.5. The van der Waals surface area contributed by atoms with Crippen LogP contribution in [0.4, 0.5) is 11.8 Å². The van der Waals surface area contributed by atoms with Crippen LogP contribution < -0.4 is 15.5 Å². The lowest BCUT2D eigenvalue weighted by molar-refractivity contribution is 0.0948. The van der Waals surface area contributed by atoms with E-state index in [-0.39, 0.29) is 5.91 Å². The van der Waals surface area contributed by atoms with Gasteiger partial charge in [0.25, 0.3) is 5.91 Å². The number of fused-ring (bicyclic) bond motifs is 1. The lowest BCUT2D eigenvalue weighted by Crippen LogP contribution is -2.30. The molecule has 136 valence electrons. The second-order valence-corrected chi connectivity index (χ2v) is 6.24. The lowest BCUT2D eigenvalue weighted by atomic mass is 10.3. The van der Waals surface area contributed by atoms with Crippen LogP contribution in [0, 0.1) is 13.8 Å². The zero-order valence-electron chi connectivity index (χ0n) is 15.4. The molecule has 0 atom stereocenters. The molecule has 0 aromatic carbocycles. The molecule has 0 unspecified atom stereocenters. The third-order valence-corrected chi connectivity index (χ3v) is 3.91. The first-order valence-electron chi connectivity index (χ1n) is 8.44. The second kappa shape index (κ2) is 7.38. The number of amides is 1. The summed E-state index contributed by atoms with van der Waals surface area (Å²) in [6.07, 6.45) is 1.84. The van der Waals surface area contributed by atoms with E-state index >= 15 is 0 Å². The van der Waals surface area contributed by atoms with E-state index in [1.807, 2.05) is 63.3 Å². The number of imidazole rings is 1. The van der Waals surface area contributed by atoms with Crippen molar-refractivity contribution < 1.29 is 4.79 Å². The van der Waals surface area contributed by atoms with Gasteiger partial charge in [0.15, 0.2) is 0 Å². The highest BCUT2D eigenvalue weighted by Gasteiger charge is 2.15. The Morgan fingerprint density at radius 3 is 2.73 bits per heavy atom. The summed E-state index contributed by atoms with van der Waals surface area (Å²) < 4.78 is 1.80. The fourth-order valence-electron chi connectivity index (χ4n) is 2.68. The van der Waals surface area contributed by atoms with Gasteiger partial charge < -0.3 is 15.5 Å². The molecule has 3 aromatic heterocycles. The Kier molecular flexibility index (Phi) is 5.01. The van der Waals surface area contributed by atoms with Crippen molar-refractivity contribution in [3.05, 3.63) is 47.5 Å². The predicted octanol–water partition coefficient (Wildman–Crippen LogP) is 1.65. The topological polar surface area (TPSA) is 87.5 Å². The van der Waals surface area contributed by atoms with Gasteiger partial charge in [-0.2, -0.15) is 4.98 Å². The van der Waals surface area contributed by atoms with E-state index in [9.17, 15) is 4.79 Å². The normalized spacial score (nSPS) is 10.8. The average Bonchev–Trinajstić information content (AvgIpc) is 2.93. The van der Waals surface area contributed by atoms with Crippen LogP contribution >= 0.6 is 0 Å². The number of nitrogens with one attached hydrogen (secondary N) is 2. The molecule has 26 heavy (non-hydrogen) atoms. The minimum atomic E-state index is -0.151. The molecule has 0 radical (unpaired) electrons. The predicted molar refractivity (Wildman–Crippen MR) is 102 cm³/mol. The summed E-state index contributed by atoms with van der Waals surface area (Å²) in [5, 5.41) is 6.06. The standard InChI is InChI=1S/C18H23N7O/c1-12-11-15(24(3)4)23-18(21-12)20-9-8-19-17(26)16-13(2)22-14-7-5-6-10-25(14)16/h5-7,10-11H,8-9H2,1-4H3,(H,19,26)(H,20,21,23).